The largest absolute Gasteiger partial charge is 0.459 e. The first-order valence-electron chi connectivity index (χ1n) is 7.86. The molecule has 0 aliphatic heterocycles. The summed E-state index contributed by atoms with van der Waals surface area (Å²) < 4.78 is 5.04. The smallest absolute Gasteiger partial charge is 0.291 e. The van der Waals surface area contributed by atoms with Crippen molar-refractivity contribution in [2.45, 2.75) is 13.8 Å². The van der Waals surface area contributed by atoms with Crippen molar-refractivity contribution in [3.63, 3.8) is 0 Å². The topological polar surface area (TPSA) is 71.3 Å². The molecule has 2 amide bonds. The van der Waals surface area contributed by atoms with Gasteiger partial charge >= 0.3 is 0 Å². The highest BCUT2D eigenvalue weighted by Crippen LogP contribution is 2.16. The molecule has 5 nitrogen and oxygen atoms in total. The maximum absolute atomic E-state index is 12.3. The van der Waals surface area contributed by atoms with Gasteiger partial charge in [-0.2, -0.15) is 0 Å². The summed E-state index contributed by atoms with van der Waals surface area (Å²) in [4.78, 5) is 24.2. The van der Waals surface area contributed by atoms with Crippen LogP contribution in [0.5, 0.6) is 0 Å². The number of amides is 2. The number of rotatable bonds is 4. The second kappa shape index (κ2) is 7.05. The molecule has 0 aliphatic rings. The van der Waals surface area contributed by atoms with Crippen LogP contribution in [0.1, 0.15) is 32.0 Å². The van der Waals surface area contributed by atoms with Gasteiger partial charge in [0.25, 0.3) is 11.8 Å². The maximum atomic E-state index is 12.3. The summed E-state index contributed by atoms with van der Waals surface area (Å²) in [5.74, 6) is -0.305. The number of benzene rings is 2. The highest BCUT2D eigenvalue weighted by molar-refractivity contribution is 6.05. The number of furan rings is 1. The van der Waals surface area contributed by atoms with E-state index >= 15 is 0 Å². The molecule has 1 heterocycles. The van der Waals surface area contributed by atoms with Gasteiger partial charge in [0, 0.05) is 16.9 Å². The first kappa shape index (κ1) is 16.5. The third kappa shape index (κ3) is 3.95. The van der Waals surface area contributed by atoms with Gasteiger partial charge in [0.2, 0.25) is 0 Å². The number of aryl methyl sites for hydroxylation is 2. The van der Waals surface area contributed by atoms with E-state index in [4.69, 9.17) is 4.42 Å². The minimum Gasteiger partial charge on any atom is -0.459 e. The second-order valence-corrected chi connectivity index (χ2v) is 5.76. The molecular formula is C20H18N2O3. The van der Waals surface area contributed by atoms with E-state index in [1.165, 1.54) is 11.8 Å². The summed E-state index contributed by atoms with van der Waals surface area (Å²) >= 11 is 0. The van der Waals surface area contributed by atoms with Crippen LogP contribution in [0.4, 0.5) is 11.4 Å². The lowest BCUT2D eigenvalue weighted by Crippen LogP contribution is -2.13. The molecule has 2 N–H and O–H groups in total. The molecule has 0 spiro atoms. The van der Waals surface area contributed by atoms with E-state index in [0.29, 0.717) is 11.3 Å². The molecule has 0 aliphatic carbocycles. The number of carbonyl (C=O) groups is 2. The summed E-state index contributed by atoms with van der Waals surface area (Å²) in [6.45, 7) is 4.03. The van der Waals surface area contributed by atoms with Gasteiger partial charge in [0.1, 0.15) is 0 Å². The first-order chi connectivity index (χ1) is 12.0. The van der Waals surface area contributed by atoms with E-state index in [9.17, 15) is 9.59 Å². The van der Waals surface area contributed by atoms with Crippen LogP contribution in [-0.2, 0) is 0 Å². The Morgan fingerprint density at radius 2 is 1.48 bits per heavy atom. The van der Waals surface area contributed by atoms with Gasteiger partial charge in [-0.05, 0) is 73.5 Å². The Kier molecular flexibility index (Phi) is 4.66. The van der Waals surface area contributed by atoms with Crippen LogP contribution in [0.15, 0.2) is 65.3 Å². The number of nitrogens with one attached hydrogen (secondary N) is 2. The molecule has 2 aromatic carbocycles. The molecule has 0 bridgehead atoms. The van der Waals surface area contributed by atoms with Gasteiger partial charge in [-0.15, -0.1) is 0 Å². The normalized spacial score (nSPS) is 10.3. The first-order valence-corrected chi connectivity index (χ1v) is 7.86. The zero-order chi connectivity index (χ0) is 17.8. The van der Waals surface area contributed by atoms with Crippen molar-refractivity contribution in [2.75, 3.05) is 10.6 Å². The summed E-state index contributed by atoms with van der Waals surface area (Å²) in [5.41, 5.74) is 4.14. The lowest BCUT2D eigenvalue weighted by atomic mass is 10.1. The van der Waals surface area contributed by atoms with Crippen molar-refractivity contribution in [1.29, 1.82) is 0 Å². The van der Waals surface area contributed by atoms with Crippen LogP contribution < -0.4 is 10.6 Å². The maximum Gasteiger partial charge on any atom is 0.291 e. The molecule has 0 atom stereocenters. The van der Waals surface area contributed by atoms with E-state index in [1.807, 2.05) is 32.0 Å². The number of hydrogen-bond donors (Lipinski definition) is 2. The van der Waals surface area contributed by atoms with E-state index in [1.54, 1.807) is 36.4 Å². The van der Waals surface area contributed by atoms with Crippen LogP contribution in [0.2, 0.25) is 0 Å². The average Bonchev–Trinajstić information content (AvgIpc) is 3.13. The van der Waals surface area contributed by atoms with E-state index in [2.05, 4.69) is 10.6 Å². The summed E-state index contributed by atoms with van der Waals surface area (Å²) in [6.07, 6.45) is 1.44. The standard InChI is InChI=1S/C20H18N2O3/c1-13-5-8-17(12-14(13)2)22-19(23)15-6-9-16(10-7-15)21-20(24)18-4-3-11-25-18/h3-12H,1-2H3,(H,21,24)(H,22,23). The van der Waals surface area contributed by atoms with Gasteiger partial charge in [-0.3, -0.25) is 9.59 Å². The molecule has 126 valence electrons. The van der Waals surface area contributed by atoms with Crippen LogP contribution in [0.3, 0.4) is 0 Å². The second-order valence-electron chi connectivity index (χ2n) is 5.76. The Morgan fingerprint density at radius 1 is 0.800 bits per heavy atom. The molecule has 0 saturated heterocycles. The average molecular weight is 334 g/mol. The highest BCUT2D eigenvalue weighted by Gasteiger charge is 2.10. The van der Waals surface area contributed by atoms with Crippen LogP contribution in [0, 0.1) is 13.8 Å². The van der Waals surface area contributed by atoms with Crippen molar-refractivity contribution in [1.82, 2.24) is 0 Å². The van der Waals surface area contributed by atoms with Crippen LogP contribution in [0.25, 0.3) is 0 Å². The number of anilines is 2. The number of hydrogen-bond acceptors (Lipinski definition) is 3. The minimum absolute atomic E-state index is 0.202. The molecule has 1 aromatic heterocycles. The minimum atomic E-state index is -0.336. The van der Waals surface area contributed by atoms with E-state index in [0.717, 1.165) is 11.3 Å². The zero-order valence-electron chi connectivity index (χ0n) is 14.0. The van der Waals surface area contributed by atoms with Crippen LogP contribution >= 0.6 is 0 Å². The molecule has 0 saturated carbocycles. The molecule has 0 fully saturated rings. The fraction of sp³-hybridized carbons (Fsp3) is 0.100. The van der Waals surface area contributed by atoms with E-state index in [-0.39, 0.29) is 17.6 Å². The molecule has 3 rings (SSSR count). The summed E-state index contributed by atoms with van der Waals surface area (Å²) in [5, 5.41) is 5.58. The van der Waals surface area contributed by atoms with Gasteiger partial charge in [-0.25, -0.2) is 0 Å². The molecule has 5 heteroatoms. The Hall–Kier alpha value is -3.34. The Balaban J connectivity index is 1.66. The Bertz CT molecular complexity index is 897. The fourth-order valence-corrected chi connectivity index (χ4v) is 2.33. The predicted molar refractivity (Wildman–Crippen MR) is 97.0 cm³/mol. The third-order valence-corrected chi connectivity index (χ3v) is 3.91. The third-order valence-electron chi connectivity index (χ3n) is 3.91. The zero-order valence-corrected chi connectivity index (χ0v) is 14.0. The summed E-state index contributed by atoms with van der Waals surface area (Å²) in [7, 11) is 0. The number of carbonyl (C=O) groups excluding carboxylic acids is 2. The molecule has 3 aromatic rings. The molecule has 0 radical (unpaired) electrons. The van der Waals surface area contributed by atoms with Crippen molar-refractivity contribution < 1.29 is 14.0 Å². The van der Waals surface area contributed by atoms with Gasteiger partial charge in [-0.1, -0.05) is 6.07 Å². The predicted octanol–water partition coefficient (Wildman–Crippen LogP) is 4.40. The van der Waals surface area contributed by atoms with Crippen molar-refractivity contribution >= 4 is 23.2 Å². The fourth-order valence-electron chi connectivity index (χ4n) is 2.33. The Labute approximate surface area is 145 Å². The molecule has 25 heavy (non-hydrogen) atoms. The van der Waals surface area contributed by atoms with Crippen molar-refractivity contribution in [3.8, 4) is 0 Å². The van der Waals surface area contributed by atoms with Crippen LogP contribution in [-0.4, -0.2) is 11.8 Å². The molecule has 0 unspecified atom stereocenters. The quantitative estimate of drug-likeness (QED) is 0.743. The van der Waals surface area contributed by atoms with Crippen molar-refractivity contribution in [2.24, 2.45) is 0 Å². The van der Waals surface area contributed by atoms with Gasteiger partial charge in [0.15, 0.2) is 5.76 Å². The summed E-state index contributed by atoms with van der Waals surface area (Å²) in [6, 6.07) is 15.7. The lowest BCUT2D eigenvalue weighted by molar-refractivity contribution is 0.0995. The SMILES string of the molecule is Cc1ccc(NC(=O)c2ccc(NC(=O)c3ccco3)cc2)cc1C. The highest BCUT2D eigenvalue weighted by atomic mass is 16.3. The lowest BCUT2D eigenvalue weighted by Gasteiger charge is -2.08. The van der Waals surface area contributed by atoms with Gasteiger partial charge < -0.3 is 15.1 Å². The van der Waals surface area contributed by atoms with Gasteiger partial charge in [0.05, 0.1) is 6.26 Å². The van der Waals surface area contributed by atoms with E-state index < -0.39 is 0 Å². The Morgan fingerprint density at radius 3 is 2.12 bits per heavy atom. The monoisotopic (exact) mass is 334 g/mol. The molecular weight excluding hydrogens is 316 g/mol. The van der Waals surface area contributed by atoms with Crippen molar-refractivity contribution in [3.05, 3.63) is 83.3 Å².